The summed E-state index contributed by atoms with van der Waals surface area (Å²) in [7, 11) is 0. The third kappa shape index (κ3) is 4.39. The highest BCUT2D eigenvalue weighted by atomic mass is 16.5. The highest BCUT2D eigenvalue weighted by Gasteiger charge is 2.30. The summed E-state index contributed by atoms with van der Waals surface area (Å²) in [4.78, 5) is 37.6. The lowest BCUT2D eigenvalue weighted by atomic mass is 9.84. The summed E-state index contributed by atoms with van der Waals surface area (Å²) in [6.45, 7) is 10.7. The van der Waals surface area contributed by atoms with Crippen molar-refractivity contribution in [3.05, 3.63) is 64.2 Å². The van der Waals surface area contributed by atoms with E-state index in [2.05, 4.69) is 32.9 Å². The van der Waals surface area contributed by atoms with E-state index in [1.54, 1.807) is 18.2 Å². The lowest BCUT2D eigenvalue weighted by Gasteiger charge is -2.22. The summed E-state index contributed by atoms with van der Waals surface area (Å²) in [6, 6.07) is 10.7. The molecule has 0 spiro atoms. The lowest BCUT2D eigenvalue weighted by molar-refractivity contribution is -0.121. The Labute approximate surface area is 171 Å². The van der Waals surface area contributed by atoms with E-state index in [0.717, 1.165) is 21.6 Å². The first-order valence-corrected chi connectivity index (χ1v) is 9.81. The van der Waals surface area contributed by atoms with Crippen LogP contribution in [-0.2, 0) is 26.3 Å². The molecule has 0 saturated carbocycles. The van der Waals surface area contributed by atoms with Crippen LogP contribution in [0.4, 0.5) is 5.69 Å². The van der Waals surface area contributed by atoms with Crippen LogP contribution in [-0.4, -0.2) is 17.8 Å². The van der Waals surface area contributed by atoms with Crippen molar-refractivity contribution in [1.82, 2.24) is 0 Å². The molecule has 1 fully saturated rings. The zero-order valence-electron chi connectivity index (χ0n) is 17.7. The van der Waals surface area contributed by atoms with Crippen molar-refractivity contribution in [3.63, 3.8) is 0 Å². The molecule has 1 saturated heterocycles. The number of hydrogen-bond donors (Lipinski definition) is 0. The minimum absolute atomic E-state index is 0.0512. The summed E-state index contributed by atoms with van der Waals surface area (Å²) in [5, 5.41) is 0. The van der Waals surface area contributed by atoms with Crippen molar-refractivity contribution < 1.29 is 19.1 Å². The van der Waals surface area contributed by atoms with Crippen LogP contribution >= 0.6 is 0 Å². The quantitative estimate of drug-likeness (QED) is 0.562. The SMILES string of the molecule is Cc1cc(C(C)(C)C)cc(C)c1COC(=O)c1cccc(N2C(=O)CCC2=O)c1. The first kappa shape index (κ1) is 20.8. The molecule has 3 rings (SSSR count). The van der Waals surface area contributed by atoms with Gasteiger partial charge in [0.05, 0.1) is 11.3 Å². The van der Waals surface area contributed by atoms with Crippen LogP contribution in [0.1, 0.15) is 66.2 Å². The Hall–Kier alpha value is -2.95. The topological polar surface area (TPSA) is 63.7 Å². The van der Waals surface area contributed by atoms with Crippen molar-refractivity contribution in [2.45, 2.75) is 59.5 Å². The van der Waals surface area contributed by atoms with Gasteiger partial charge in [0.1, 0.15) is 6.61 Å². The molecular formula is C24H27NO4. The van der Waals surface area contributed by atoms with Gasteiger partial charge in [0.2, 0.25) is 11.8 Å². The molecule has 2 amide bonds. The molecular weight excluding hydrogens is 366 g/mol. The van der Waals surface area contributed by atoms with Gasteiger partial charge in [-0.1, -0.05) is 39.0 Å². The van der Waals surface area contributed by atoms with Crippen LogP contribution < -0.4 is 4.90 Å². The number of ether oxygens (including phenoxy) is 1. The molecule has 1 aliphatic rings. The molecule has 1 aliphatic heterocycles. The number of amides is 2. The Morgan fingerprint density at radius 1 is 1.00 bits per heavy atom. The van der Waals surface area contributed by atoms with Gasteiger partial charge in [-0.3, -0.25) is 14.5 Å². The molecule has 29 heavy (non-hydrogen) atoms. The van der Waals surface area contributed by atoms with Gasteiger partial charge < -0.3 is 4.74 Å². The second-order valence-corrected chi connectivity index (χ2v) is 8.59. The summed E-state index contributed by atoms with van der Waals surface area (Å²) >= 11 is 0. The monoisotopic (exact) mass is 393 g/mol. The summed E-state index contributed by atoms with van der Waals surface area (Å²) in [5.74, 6) is -0.971. The normalized spacial score (nSPS) is 14.4. The summed E-state index contributed by atoms with van der Waals surface area (Å²) in [6.07, 6.45) is 0.410. The third-order valence-corrected chi connectivity index (χ3v) is 5.30. The molecule has 2 aromatic rings. The lowest BCUT2D eigenvalue weighted by Crippen LogP contribution is -2.28. The van der Waals surface area contributed by atoms with E-state index in [-0.39, 0.29) is 36.7 Å². The fraction of sp³-hybridized carbons (Fsp3) is 0.375. The third-order valence-electron chi connectivity index (χ3n) is 5.30. The van der Waals surface area contributed by atoms with E-state index in [9.17, 15) is 14.4 Å². The fourth-order valence-corrected chi connectivity index (χ4v) is 3.51. The van der Waals surface area contributed by atoms with E-state index >= 15 is 0 Å². The number of aryl methyl sites for hydroxylation is 2. The zero-order chi connectivity index (χ0) is 21.3. The first-order chi connectivity index (χ1) is 13.6. The number of benzene rings is 2. The maximum atomic E-state index is 12.6. The molecule has 0 bridgehead atoms. The van der Waals surface area contributed by atoms with E-state index in [0.29, 0.717) is 11.3 Å². The highest BCUT2D eigenvalue weighted by Crippen LogP contribution is 2.28. The Morgan fingerprint density at radius 2 is 1.59 bits per heavy atom. The predicted octanol–water partition coefficient (Wildman–Crippen LogP) is 4.61. The molecule has 1 heterocycles. The molecule has 0 atom stereocenters. The van der Waals surface area contributed by atoms with Crippen LogP contribution in [0, 0.1) is 13.8 Å². The number of rotatable bonds is 4. The molecule has 0 unspecified atom stereocenters. The van der Waals surface area contributed by atoms with Gasteiger partial charge in [-0.25, -0.2) is 4.79 Å². The Bertz CT molecular complexity index is 946. The van der Waals surface area contributed by atoms with Gasteiger partial charge in [-0.2, -0.15) is 0 Å². The molecule has 5 nitrogen and oxygen atoms in total. The van der Waals surface area contributed by atoms with Crippen LogP contribution in [0.5, 0.6) is 0 Å². The summed E-state index contributed by atoms with van der Waals surface area (Å²) in [5.41, 5.74) is 5.19. The molecule has 0 radical (unpaired) electrons. The van der Waals surface area contributed by atoms with E-state index in [1.165, 1.54) is 11.6 Å². The van der Waals surface area contributed by atoms with Crippen molar-refractivity contribution in [2.75, 3.05) is 4.90 Å². The Balaban J connectivity index is 1.76. The van der Waals surface area contributed by atoms with Gasteiger partial charge in [0, 0.05) is 12.8 Å². The van der Waals surface area contributed by atoms with E-state index in [1.807, 2.05) is 13.8 Å². The van der Waals surface area contributed by atoms with E-state index in [4.69, 9.17) is 4.74 Å². The molecule has 152 valence electrons. The Kier molecular flexibility index (Phi) is 5.60. The van der Waals surface area contributed by atoms with Crippen LogP contribution in [0.15, 0.2) is 36.4 Å². The molecule has 2 aromatic carbocycles. The summed E-state index contributed by atoms with van der Waals surface area (Å²) < 4.78 is 5.55. The van der Waals surface area contributed by atoms with Gasteiger partial charge in [-0.05, 0) is 59.7 Å². The maximum absolute atomic E-state index is 12.6. The highest BCUT2D eigenvalue weighted by molar-refractivity contribution is 6.20. The number of carbonyl (C=O) groups is 3. The maximum Gasteiger partial charge on any atom is 0.338 e. The smallest absolute Gasteiger partial charge is 0.338 e. The number of imide groups is 1. The van der Waals surface area contributed by atoms with Crippen molar-refractivity contribution in [2.24, 2.45) is 0 Å². The number of nitrogens with zero attached hydrogens (tertiary/aromatic N) is 1. The molecule has 0 N–H and O–H groups in total. The van der Waals surface area contributed by atoms with Crippen LogP contribution in [0.3, 0.4) is 0 Å². The van der Waals surface area contributed by atoms with Gasteiger partial charge in [0.25, 0.3) is 0 Å². The minimum atomic E-state index is -0.482. The second kappa shape index (κ2) is 7.82. The van der Waals surface area contributed by atoms with Crippen molar-refractivity contribution in [1.29, 1.82) is 0 Å². The average molecular weight is 393 g/mol. The van der Waals surface area contributed by atoms with Crippen molar-refractivity contribution in [3.8, 4) is 0 Å². The minimum Gasteiger partial charge on any atom is -0.457 e. The first-order valence-electron chi connectivity index (χ1n) is 9.81. The number of hydrogen-bond acceptors (Lipinski definition) is 4. The van der Waals surface area contributed by atoms with Crippen molar-refractivity contribution >= 4 is 23.5 Å². The largest absolute Gasteiger partial charge is 0.457 e. The standard InChI is InChI=1S/C24H27NO4/c1-15-11-18(24(3,4)5)12-16(2)20(15)14-29-23(28)17-7-6-8-19(13-17)25-21(26)9-10-22(25)27/h6-8,11-13H,9-10,14H2,1-5H3. The number of carbonyl (C=O) groups excluding carboxylic acids is 3. The molecule has 5 heteroatoms. The molecule has 0 aromatic heterocycles. The number of anilines is 1. The van der Waals surface area contributed by atoms with Gasteiger partial charge in [-0.15, -0.1) is 0 Å². The molecule has 0 aliphatic carbocycles. The average Bonchev–Trinajstić information content (AvgIpc) is 2.98. The predicted molar refractivity (Wildman–Crippen MR) is 112 cm³/mol. The number of esters is 1. The Morgan fingerprint density at radius 3 is 2.14 bits per heavy atom. The van der Waals surface area contributed by atoms with E-state index < -0.39 is 5.97 Å². The van der Waals surface area contributed by atoms with Gasteiger partial charge >= 0.3 is 5.97 Å². The fourth-order valence-electron chi connectivity index (χ4n) is 3.51. The second-order valence-electron chi connectivity index (χ2n) is 8.59. The van der Waals surface area contributed by atoms with Gasteiger partial charge in [0.15, 0.2) is 0 Å². The zero-order valence-corrected chi connectivity index (χ0v) is 17.7. The van der Waals surface area contributed by atoms with Crippen LogP contribution in [0.2, 0.25) is 0 Å². The van der Waals surface area contributed by atoms with Crippen LogP contribution in [0.25, 0.3) is 0 Å².